The number of hydrogen-bond acceptors (Lipinski definition) is 3. The molecule has 5 nitrogen and oxygen atoms in total. The summed E-state index contributed by atoms with van der Waals surface area (Å²) in [6, 6.07) is 10.1. The Morgan fingerprint density at radius 2 is 1.67 bits per heavy atom. The van der Waals surface area contributed by atoms with Gasteiger partial charge in [-0.3, -0.25) is 9.59 Å². The van der Waals surface area contributed by atoms with Crippen LogP contribution >= 0.6 is 23.2 Å². The molecule has 0 unspecified atom stereocenters. The highest BCUT2D eigenvalue weighted by Crippen LogP contribution is 2.26. The number of nitrogens with zero attached hydrogens (tertiary/aromatic N) is 1. The molecule has 0 bridgehead atoms. The van der Waals surface area contributed by atoms with Crippen molar-refractivity contribution in [1.29, 1.82) is 0 Å². The molecular formula is C23H28Cl2N2O3. The Morgan fingerprint density at radius 1 is 1.07 bits per heavy atom. The van der Waals surface area contributed by atoms with Crippen LogP contribution in [0.3, 0.4) is 0 Å². The van der Waals surface area contributed by atoms with Crippen molar-refractivity contribution < 1.29 is 14.3 Å². The second-order valence-electron chi connectivity index (χ2n) is 7.61. The van der Waals surface area contributed by atoms with Gasteiger partial charge in [-0.15, -0.1) is 0 Å². The van der Waals surface area contributed by atoms with E-state index in [4.69, 9.17) is 27.9 Å². The van der Waals surface area contributed by atoms with Crippen LogP contribution in [-0.4, -0.2) is 35.4 Å². The van der Waals surface area contributed by atoms with Crippen LogP contribution in [0.25, 0.3) is 0 Å². The number of carbonyl (C=O) groups is 2. The molecule has 0 spiro atoms. The molecule has 2 amide bonds. The average molecular weight is 451 g/mol. The Morgan fingerprint density at radius 3 is 2.23 bits per heavy atom. The maximum absolute atomic E-state index is 13.1. The summed E-state index contributed by atoms with van der Waals surface area (Å²) >= 11 is 12.5. The lowest BCUT2D eigenvalue weighted by Crippen LogP contribution is -2.50. The Hall–Kier alpha value is -2.24. The van der Waals surface area contributed by atoms with Gasteiger partial charge in [-0.05, 0) is 69.5 Å². The predicted molar refractivity (Wildman–Crippen MR) is 121 cm³/mol. The standard InChI is InChI=1S/C23H28Cl2N2O3/c1-14(2)26-23(29)17(5)27(12-18-8-6-7-9-20(18)24)21(28)13-30-19-10-15(3)22(25)16(4)11-19/h6-11,14,17H,12-13H2,1-5H3,(H,26,29)/t17-/m1/s1. The molecule has 0 saturated heterocycles. The molecular weight excluding hydrogens is 423 g/mol. The first-order valence-electron chi connectivity index (χ1n) is 9.83. The van der Waals surface area contributed by atoms with Gasteiger partial charge < -0.3 is 15.0 Å². The number of aryl methyl sites for hydroxylation is 2. The van der Waals surface area contributed by atoms with E-state index in [0.29, 0.717) is 15.8 Å². The second-order valence-corrected chi connectivity index (χ2v) is 8.40. The topological polar surface area (TPSA) is 58.6 Å². The van der Waals surface area contributed by atoms with Crippen molar-refractivity contribution in [2.45, 2.75) is 53.2 Å². The zero-order chi connectivity index (χ0) is 22.4. The van der Waals surface area contributed by atoms with Crippen molar-refractivity contribution in [3.63, 3.8) is 0 Å². The van der Waals surface area contributed by atoms with Crippen LogP contribution in [0.1, 0.15) is 37.5 Å². The summed E-state index contributed by atoms with van der Waals surface area (Å²) in [5, 5.41) is 4.06. The fourth-order valence-corrected chi connectivity index (χ4v) is 3.32. The summed E-state index contributed by atoms with van der Waals surface area (Å²) in [4.78, 5) is 27.1. The molecule has 0 aliphatic heterocycles. The Bertz CT molecular complexity index is 892. The van der Waals surface area contributed by atoms with Gasteiger partial charge in [-0.1, -0.05) is 41.4 Å². The Balaban J connectivity index is 2.21. The van der Waals surface area contributed by atoms with E-state index in [0.717, 1.165) is 16.7 Å². The van der Waals surface area contributed by atoms with Crippen LogP contribution < -0.4 is 10.1 Å². The number of ether oxygens (including phenoxy) is 1. The molecule has 0 aliphatic carbocycles. The molecule has 30 heavy (non-hydrogen) atoms. The smallest absolute Gasteiger partial charge is 0.261 e. The highest BCUT2D eigenvalue weighted by Gasteiger charge is 2.27. The highest BCUT2D eigenvalue weighted by molar-refractivity contribution is 6.32. The molecule has 2 aromatic carbocycles. The van der Waals surface area contributed by atoms with Crippen LogP contribution in [0.5, 0.6) is 5.75 Å². The number of nitrogens with one attached hydrogen (secondary N) is 1. The summed E-state index contributed by atoms with van der Waals surface area (Å²) in [5.74, 6) is 0.00916. The molecule has 0 saturated carbocycles. The van der Waals surface area contributed by atoms with Crippen molar-refractivity contribution in [1.82, 2.24) is 10.2 Å². The molecule has 0 aliphatic rings. The number of benzene rings is 2. The summed E-state index contributed by atoms with van der Waals surface area (Å²) in [6.45, 7) is 9.21. The van der Waals surface area contributed by atoms with Crippen LogP contribution in [0.4, 0.5) is 0 Å². The fourth-order valence-electron chi connectivity index (χ4n) is 3.02. The molecule has 0 heterocycles. The van der Waals surface area contributed by atoms with Gasteiger partial charge >= 0.3 is 0 Å². The molecule has 162 valence electrons. The van der Waals surface area contributed by atoms with Gasteiger partial charge in [0.25, 0.3) is 5.91 Å². The predicted octanol–water partition coefficient (Wildman–Crippen LogP) is 4.93. The second kappa shape index (κ2) is 10.7. The first kappa shape index (κ1) is 24.0. The molecule has 0 radical (unpaired) electrons. The van der Waals surface area contributed by atoms with E-state index in [9.17, 15) is 9.59 Å². The van der Waals surface area contributed by atoms with Gasteiger partial charge in [0.1, 0.15) is 11.8 Å². The third kappa shape index (κ3) is 6.38. The molecule has 2 aromatic rings. The van der Waals surface area contributed by atoms with Crippen molar-refractivity contribution >= 4 is 35.0 Å². The summed E-state index contributed by atoms with van der Waals surface area (Å²) in [7, 11) is 0. The summed E-state index contributed by atoms with van der Waals surface area (Å²) in [5.41, 5.74) is 2.50. The van der Waals surface area contributed by atoms with Crippen LogP contribution in [0.15, 0.2) is 36.4 Å². The van der Waals surface area contributed by atoms with Gasteiger partial charge in [0, 0.05) is 22.6 Å². The van der Waals surface area contributed by atoms with E-state index < -0.39 is 6.04 Å². The van der Waals surface area contributed by atoms with Gasteiger partial charge in [0.15, 0.2) is 6.61 Å². The zero-order valence-corrected chi connectivity index (χ0v) is 19.5. The molecule has 1 atom stereocenters. The molecule has 0 fully saturated rings. The lowest BCUT2D eigenvalue weighted by Gasteiger charge is -2.29. The number of halogens is 2. The fraction of sp³-hybridized carbons (Fsp3) is 0.391. The lowest BCUT2D eigenvalue weighted by molar-refractivity contribution is -0.142. The van der Waals surface area contributed by atoms with E-state index in [1.165, 1.54) is 4.90 Å². The van der Waals surface area contributed by atoms with Crippen LogP contribution in [0, 0.1) is 13.8 Å². The van der Waals surface area contributed by atoms with E-state index in [2.05, 4.69) is 5.32 Å². The SMILES string of the molecule is Cc1cc(OCC(=O)N(Cc2ccccc2Cl)[C@H](C)C(=O)NC(C)C)cc(C)c1Cl. The van der Waals surface area contributed by atoms with Crippen molar-refractivity contribution in [3.05, 3.63) is 63.1 Å². The number of carbonyl (C=O) groups excluding carboxylic acids is 2. The van der Waals surface area contributed by atoms with Gasteiger partial charge in [0.05, 0.1) is 0 Å². The minimum absolute atomic E-state index is 0.0338. The molecule has 7 heteroatoms. The van der Waals surface area contributed by atoms with Crippen molar-refractivity contribution in [3.8, 4) is 5.75 Å². The largest absolute Gasteiger partial charge is 0.484 e. The quantitative estimate of drug-likeness (QED) is 0.619. The van der Waals surface area contributed by atoms with Crippen LogP contribution in [-0.2, 0) is 16.1 Å². The minimum Gasteiger partial charge on any atom is -0.484 e. The maximum Gasteiger partial charge on any atom is 0.261 e. The summed E-state index contributed by atoms with van der Waals surface area (Å²) in [6.07, 6.45) is 0. The van der Waals surface area contributed by atoms with Gasteiger partial charge in [-0.2, -0.15) is 0 Å². The normalized spacial score (nSPS) is 11.9. The number of rotatable bonds is 8. The van der Waals surface area contributed by atoms with Crippen molar-refractivity contribution in [2.75, 3.05) is 6.61 Å². The third-order valence-corrected chi connectivity index (χ3v) is 5.63. The van der Waals surface area contributed by atoms with E-state index in [1.807, 2.05) is 45.9 Å². The number of amides is 2. The molecule has 0 aromatic heterocycles. The Kier molecular flexibility index (Phi) is 8.56. The first-order valence-corrected chi connectivity index (χ1v) is 10.6. The Labute approximate surface area is 188 Å². The van der Waals surface area contributed by atoms with Gasteiger partial charge in [-0.25, -0.2) is 0 Å². The molecule has 1 N–H and O–H groups in total. The summed E-state index contributed by atoms with van der Waals surface area (Å²) < 4.78 is 5.73. The number of hydrogen-bond donors (Lipinski definition) is 1. The maximum atomic E-state index is 13.1. The average Bonchev–Trinajstić information content (AvgIpc) is 2.68. The van der Waals surface area contributed by atoms with E-state index >= 15 is 0 Å². The lowest BCUT2D eigenvalue weighted by atomic mass is 10.1. The minimum atomic E-state index is -0.687. The molecule has 2 rings (SSSR count). The van der Waals surface area contributed by atoms with Crippen molar-refractivity contribution in [2.24, 2.45) is 0 Å². The van der Waals surface area contributed by atoms with Crippen LogP contribution in [0.2, 0.25) is 10.0 Å². The van der Waals surface area contributed by atoms with E-state index in [1.54, 1.807) is 25.1 Å². The zero-order valence-electron chi connectivity index (χ0n) is 18.0. The van der Waals surface area contributed by atoms with E-state index in [-0.39, 0.29) is 31.0 Å². The third-order valence-electron chi connectivity index (χ3n) is 4.67. The van der Waals surface area contributed by atoms with Gasteiger partial charge in [0.2, 0.25) is 5.91 Å². The first-order chi connectivity index (χ1) is 14.1. The highest BCUT2D eigenvalue weighted by atomic mass is 35.5. The monoisotopic (exact) mass is 450 g/mol.